The molecule has 136 valence electrons. The van der Waals surface area contributed by atoms with Crippen molar-refractivity contribution in [3.05, 3.63) is 48.3 Å². The molecule has 6 heteroatoms. The van der Waals surface area contributed by atoms with Crippen LogP contribution in [0.25, 0.3) is 0 Å². The minimum atomic E-state index is 0. The Hall–Kier alpha value is -1.85. The molecule has 0 spiro atoms. The Morgan fingerprint density at radius 2 is 2.20 bits per heavy atom. The number of nitrogens with zero attached hydrogens (tertiary/aromatic N) is 2. The molecule has 0 saturated carbocycles. The predicted octanol–water partition coefficient (Wildman–Crippen LogP) is 3.32. The summed E-state index contributed by atoms with van der Waals surface area (Å²) in [5.74, 6) is 1.13. The van der Waals surface area contributed by atoms with Crippen molar-refractivity contribution in [2.75, 3.05) is 18.4 Å². The summed E-state index contributed by atoms with van der Waals surface area (Å²) in [5.41, 5.74) is 2.02. The second-order valence-corrected chi connectivity index (χ2v) is 6.74. The lowest BCUT2D eigenvalue weighted by Gasteiger charge is -2.28. The first-order valence-corrected chi connectivity index (χ1v) is 8.77. The second-order valence-electron chi connectivity index (χ2n) is 6.74. The minimum Gasteiger partial charge on any atom is -0.326 e. The molecule has 0 bridgehead atoms. The van der Waals surface area contributed by atoms with Crippen LogP contribution >= 0.6 is 12.4 Å². The van der Waals surface area contributed by atoms with Gasteiger partial charge in [0.05, 0.1) is 6.54 Å². The Kier molecular flexibility index (Phi) is 7.47. The molecule has 25 heavy (non-hydrogen) atoms. The van der Waals surface area contributed by atoms with Crippen LogP contribution in [0.4, 0.5) is 5.69 Å². The number of carbonyl (C=O) groups excluding carboxylic acids is 1. The number of rotatable bonds is 6. The molecule has 5 nitrogen and oxygen atoms in total. The van der Waals surface area contributed by atoms with E-state index in [0.29, 0.717) is 18.3 Å². The third kappa shape index (κ3) is 5.87. The molecule has 1 fully saturated rings. The summed E-state index contributed by atoms with van der Waals surface area (Å²) in [5, 5.41) is 10.6. The van der Waals surface area contributed by atoms with Crippen LogP contribution in [0, 0.1) is 11.8 Å². The van der Waals surface area contributed by atoms with Crippen LogP contribution in [0.15, 0.2) is 42.7 Å². The fraction of sp³-hybridized carbons (Fsp3) is 0.474. The number of halogens is 1. The van der Waals surface area contributed by atoms with Gasteiger partial charge in [-0.1, -0.05) is 19.1 Å². The maximum absolute atomic E-state index is 12.3. The first kappa shape index (κ1) is 19.5. The number of anilines is 1. The molecule has 2 N–H and O–H groups in total. The Balaban J connectivity index is 0.00000225. The van der Waals surface area contributed by atoms with E-state index in [1.165, 1.54) is 18.4 Å². The van der Waals surface area contributed by atoms with Crippen LogP contribution in [0.1, 0.15) is 31.7 Å². The average molecular weight is 363 g/mol. The average Bonchev–Trinajstić information content (AvgIpc) is 3.10. The zero-order valence-corrected chi connectivity index (χ0v) is 15.5. The van der Waals surface area contributed by atoms with Crippen molar-refractivity contribution >= 4 is 24.0 Å². The summed E-state index contributed by atoms with van der Waals surface area (Å²) >= 11 is 0. The molecule has 2 aromatic rings. The van der Waals surface area contributed by atoms with E-state index in [9.17, 15) is 4.79 Å². The lowest BCUT2D eigenvalue weighted by Crippen LogP contribution is -2.34. The van der Waals surface area contributed by atoms with Gasteiger partial charge in [0.15, 0.2) is 0 Å². The number of hydrogen-bond donors (Lipinski definition) is 2. The molecule has 3 rings (SSSR count). The van der Waals surface area contributed by atoms with E-state index in [1.807, 2.05) is 41.2 Å². The number of piperidine rings is 1. The zero-order valence-electron chi connectivity index (χ0n) is 14.6. The maximum Gasteiger partial charge on any atom is 0.224 e. The fourth-order valence-corrected chi connectivity index (χ4v) is 3.31. The summed E-state index contributed by atoms with van der Waals surface area (Å²) in [7, 11) is 0. The molecule has 0 aliphatic carbocycles. The molecule has 2 unspecified atom stereocenters. The van der Waals surface area contributed by atoms with Crippen molar-refractivity contribution < 1.29 is 4.79 Å². The molecule has 1 amide bonds. The third-order valence-electron chi connectivity index (χ3n) is 4.79. The summed E-state index contributed by atoms with van der Waals surface area (Å²) in [6.07, 6.45) is 6.74. The van der Waals surface area contributed by atoms with E-state index >= 15 is 0 Å². The molecule has 1 aromatic carbocycles. The maximum atomic E-state index is 12.3. The predicted molar refractivity (Wildman–Crippen MR) is 103 cm³/mol. The van der Waals surface area contributed by atoms with E-state index in [-0.39, 0.29) is 18.3 Å². The molecular formula is C19H27ClN4O. The second kappa shape index (κ2) is 9.59. The van der Waals surface area contributed by atoms with E-state index < -0.39 is 0 Å². The molecular weight excluding hydrogens is 336 g/mol. The third-order valence-corrected chi connectivity index (χ3v) is 4.79. The molecule has 2 atom stereocenters. The van der Waals surface area contributed by atoms with Crippen molar-refractivity contribution in [3.8, 4) is 0 Å². The summed E-state index contributed by atoms with van der Waals surface area (Å²) in [6.45, 7) is 5.08. The van der Waals surface area contributed by atoms with Gasteiger partial charge in [-0.15, -0.1) is 12.4 Å². The van der Waals surface area contributed by atoms with Gasteiger partial charge in [0.1, 0.15) is 0 Å². The van der Waals surface area contributed by atoms with Crippen molar-refractivity contribution in [2.24, 2.45) is 11.8 Å². The fourth-order valence-electron chi connectivity index (χ4n) is 3.31. The van der Waals surface area contributed by atoms with Crippen LogP contribution in [0.3, 0.4) is 0 Å². The number of hydrogen-bond acceptors (Lipinski definition) is 3. The molecule has 2 heterocycles. The van der Waals surface area contributed by atoms with Crippen LogP contribution < -0.4 is 10.6 Å². The largest absolute Gasteiger partial charge is 0.326 e. The number of benzene rings is 1. The van der Waals surface area contributed by atoms with Crippen molar-refractivity contribution in [3.63, 3.8) is 0 Å². The van der Waals surface area contributed by atoms with Gasteiger partial charge in [-0.2, -0.15) is 5.10 Å². The van der Waals surface area contributed by atoms with E-state index in [2.05, 4.69) is 22.7 Å². The lowest BCUT2D eigenvalue weighted by molar-refractivity contribution is -0.117. The smallest absolute Gasteiger partial charge is 0.224 e. The van der Waals surface area contributed by atoms with Gasteiger partial charge in [0, 0.05) is 24.5 Å². The monoisotopic (exact) mass is 362 g/mol. The van der Waals surface area contributed by atoms with Crippen LogP contribution in [0.2, 0.25) is 0 Å². The van der Waals surface area contributed by atoms with E-state index in [1.54, 1.807) is 6.20 Å². The SMILES string of the molecule is CC(CC(=O)Nc1ccc(Cn2cccn2)cc1)C1CCCNC1.Cl. The molecule has 1 saturated heterocycles. The standard InChI is InChI=1S/C19H26N4O.ClH/c1-15(17-4-2-9-20-13-17)12-19(24)22-18-7-5-16(6-8-18)14-23-11-3-10-21-23;/h3,5-8,10-11,15,17,20H,2,4,9,12-14H2,1H3,(H,22,24);1H. The quantitative estimate of drug-likeness (QED) is 0.828. The van der Waals surface area contributed by atoms with Gasteiger partial charge in [-0.05, 0) is 61.5 Å². The van der Waals surface area contributed by atoms with Crippen LogP contribution in [-0.2, 0) is 11.3 Å². The Morgan fingerprint density at radius 3 is 2.84 bits per heavy atom. The van der Waals surface area contributed by atoms with Gasteiger partial charge >= 0.3 is 0 Å². The Labute approximate surface area is 155 Å². The summed E-state index contributed by atoms with van der Waals surface area (Å²) in [6, 6.07) is 9.91. The van der Waals surface area contributed by atoms with Gasteiger partial charge in [-0.3, -0.25) is 9.48 Å². The normalized spacial score (nSPS) is 18.2. The van der Waals surface area contributed by atoms with Gasteiger partial charge in [0.25, 0.3) is 0 Å². The van der Waals surface area contributed by atoms with Crippen LogP contribution in [0.5, 0.6) is 0 Å². The van der Waals surface area contributed by atoms with E-state index in [4.69, 9.17) is 0 Å². The molecule has 1 aliphatic heterocycles. The number of aromatic nitrogens is 2. The van der Waals surface area contributed by atoms with Crippen LogP contribution in [-0.4, -0.2) is 28.8 Å². The highest BCUT2D eigenvalue weighted by Crippen LogP contribution is 2.23. The molecule has 1 aliphatic rings. The van der Waals surface area contributed by atoms with Gasteiger partial charge in [-0.25, -0.2) is 0 Å². The highest BCUT2D eigenvalue weighted by atomic mass is 35.5. The van der Waals surface area contributed by atoms with Crippen molar-refractivity contribution in [2.45, 2.75) is 32.7 Å². The molecule has 1 aromatic heterocycles. The van der Waals surface area contributed by atoms with Crippen molar-refractivity contribution in [1.29, 1.82) is 0 Å². The zero-order chi connectivity index (χ0) is 16.8. The summed E-state index contributed by atoms with van der Waals surface area (Å²) < 4.78 is 1.88. The Bertz CT molecular complexity index is 636. The molecule has 0 radical (unpaired) electrons. The highest BCUT2D eigenvalue weighted by molar-refractivity contribution is 5.90. The topological polar surface area (TPSA) is 59.0 Å². The first-order valence-electron chi connectivity index (χ1n) is 8.77. The summed E-state index contributed by atoms with van der Waals surface area (Å²) in [4.78, 5) is 12.3. The van der Waals surface area contributed by atoms with Crippen molar-refractivity contribution in [1.82, 2.24) is 15.1 Å². The Morgan fingerprint density at radius 1 is 1.40 bits per heavy atom. The van der Waals surface area contributed by atoms with E-state index in [0.717, 1.165) is 25.3 Å². The number of carbonyl (C=O) groups is 1. The minimum absolute atomic E-state index is 0. The number of amides is 1. The van der Waals surface area contributed by atoms with Gasteiger partial charge < -0.3 is 10.6 Å². The first-order chi connectivity index (χ1) is 11.7. The highest BCUT2D eigenvalue weighted by Gasteiger charge is 2.21. The van der Waals surface area contributed by atoms with Gasteiger partial charge in [0.2, 0.25) is 5.91 Å². The number of nitrogens with one attached hydrogen (secondary N) is 2. The lowest BCUT2D eigenvalue weighted by atomic mass is 9.85.